The summed E-state index contributed by atoms with van der Waals surface area (Å²) in [5, 5.41) is 5.42. The minimum Gasteiger partial charge on any atom is -0.333 e. The summed E-state index contributed by atoms with van der Waals surface area (Å²) < 4.78 is 5.40. The molecular weight excluding hydrogens is 280 g/mol. The van der Waals surface area contributed by atoms with E-state index in [0.717, 1.165) is 27.8 Å². The lowest BCUT2D eigenvalue weighted by atomic mass is 10.2. The maximum absolute atomic E-state index is 5.61. The minimum atomic E-state index is 0.383. The van der Waals surface area contributed by atoms with Crippen molar-refractivity contribution < 1.29 is 4.52 Å². The van der Waals surface area contributed by atoms with Crippen molar-refractivity contribution in [2.75, 3.05) is 5.75 Å². The Bertz CT molecular complexity index is 560. The van der Waals surface area contributed by atoms with Gasteiger partial charge in [0.2, 0.25) is 0 Å². The molecule has 7 heteroatoms. The van der Waals surface area contributed by atoms with Crippen molar-refractivity contribution in [3.63, 3.8) is 0 Å². The average molecular weight is 296 g/mol. The molecule has 102 valence electrons. The van der Waals surface area contributed by atoms with Crippen LogP contribution in [0, 0.1) is 6.92 Å². The number of nitrogens with two attached hydrogens (primary N) is 1. The SMILES string of the molecule is Cc1nc(CN)sc1-c1nc(C2CCCCS2)no1. The van der Waals surface area contributed by atoms with E-state index in [2.05, 4.69) is 15.1 Å². The van der Waals surface area contributed by atoms with Crippen LogP contribution in [0.5, 0.6) is 0 Å². The predicted molar refractivity (Wildman–Crippen MR) is 77.1 cm³/mol. The van der Waals surface area contributed by atoms with Gasteiger partial charge in [-0.05, 0) is 25.5 Å². The van der Waals surface area contributed by atoms with Gasteiger partial charge < -0.3 is 10.3 Å². The molecule has 0 amide bonds. The van der Waals surface area contributed by atoms with E-state index in [1.54, 1.807) is 0 Å². The summed E-state index contributed by atoms with van der Waals surface area (Å²) in [6.07, 6.45) is 3.68. The molecule has 0 spiro atoms. The van der Waals surface area contributed by atoms with Crippen LogP contribution in [0.15, 0.2) is 4.52 Å². The molecule has 0 saturated carbocycles. The van der Waals surface area contributed by atoms with Crippen LogP contribution in [0.3, 0.4) is 0 Å². The fourth-order valence-electron chi connectivity index (χ4n) is 2.14. The standard InChI is InChI=1S/C12H16N4OS2/c1-7-10(19-9(6-13)14-7)12-15-11(16-17-12)8-4-2-3-5-18-8/h8H,2-6,13H2,1H3. The van der Waals surface area contributed by atoms with Crippen molar-refractivity contribution in [3.05, 3.63) is 16.5 Å². The smallest absolute Gasteiger partial charge is 0.269 e. The second kappa shape index (κ2) is 5.60. The van der Waals surface area contributed by atoms with Crippen molar-refractivity contribution in [2.24, 2.45) is 5.73 Å². The third-order valence-electron chi connectivity index (χ3n) is 3.12. The molecule has 1 fully saturated rings. The Labute approximate surface area is 120 Å². The van der Waals surface area contributed by atoms with E-state index in [4.69, 9.17) is 10.3 Å². The van der Waals surface area contributed by atoms with E-state index in [0.29, 0.717) is 17.7 Å². The maximum Gasteiger partial charge on any atom is 0.269 e. The lowest BCUT2D eigenvalue weighted by Crippen LogP contribution is -2.03. The third kappa shape index (κ3) is 2.68. The molecule has 3 rings (SSSR count). The molecule has 5 nitrogen and oxygen atoms in total. The van der Waals surface area contributed by atoms with Crippen LogP contribution >= 0.6 is 23.1 Å². The van der Waals surface area contributed by atoms with Crippen LogP contribution in [0.25, 0.3) is 10.8 Å². The second-order valence-electron chi connectivity index (χ2n) is 4.54. The van der Waals surface area contributed by atoms with Crippen LogP contribution in [-0.4, -0.2) is 20.9 Å². The van der Waals surface area contributed by atoms with Gasteiger partial charge in [-0.25, -0.2) is 4.98 Å². The molecule has 3 heterocycles. The summed E-state index contributed by atoms with van der Waals surface area (Å²) in [6, 6.07) is 0. The number of hydrogen-bond donors (Lipinski definition) is 1. The van der Waals surface area contributed by atoms with Gasteiger partial charge in [0.1, 0.15) is 9.88 Å². The Morgan fingerprint density at radius 3 is 2.95 bits per heavy atom. The molecule has 0 bridgehead atoms. The van der Waals surface area contributed by atoms with Gasteiger partial charge in [-0.1, -0.05) is 11.6 Å². The third-order valence-corrected chi connectivity index (χ3v) is 5.66. The van der Waals surface area contributed by atoms with Crippen molar-refractivity contribution in [1.29, 1.82) is 0 Å². The quantitative estimate of drug-likeness (QED) is 0.938. The highest BCUT2D eigenvalue weighted by Crippen LogP contribution is 2.38. The predicted octanol–water partition coefficient (Wildman–Crippen LogP) is 2.92. The molecule has 1 atom stereocenters. The number of aryl methyl sites for hydroxylation is 1. The lowest BCUT2D eigenvalue weighted by Gasteiger charge is -2.17. The molecule has 1 saturated heterocycles. The Morgan fingerprint density at radius 2 is 2.26 bits per heavy atom. The first-order chi connectivity index (χ1) is 9.28. The summed E-state index contributed by atoms with van der Waals surface area (Å²) in [7, 11) is 0. The van der Waals surface area contributed by atoms with E-state index in [9.17, 15) is 0 Å². The highest BCUT2D eigenvalue weighted by Gasteiger charge is 2.23. The molecule has 2 N–H and O–H groups in total. The molecule has 2 aromatic heterocycles. The summed E-state index contributed by atoms with van der Waals surface area (Å²) in [6.45, 7) is 2.40. The number of aromatic nitrogens is 3. The first-order valence-corrected chi connectivity index (χ1v) is 8.26. The van der Waals surface area contributed by atoms with E-state index in [-0.39, 0.29) is 0 Å². The Balaban J connectivity index is 1.85. The lowest BCUT2D eigenvalue weighted by molar-refractivity contribution is 0.420. The molecule has 1 unspecified atom stereocenters. The molecule has 2 aromatic rings. The van der Waals surface area contributed by atoms with Crippen LogP contribution in [0.4, 0.5) is 0 Å². The fourth-order valence-corrected chi connectivity index (χ4v) is 4.24. The Hall–Kier alpha value is -0.920. The van der Waals surface area contributed by atoms with Crippen molar-refractivity contribution in [3.8, 4) is 10.8 Å². The van der Waals surface area contributed by atoms with Crippen LogP contribution in [0.1, 0.15) is 41.0 Å². The van der Waals surface area contributed by atoms with Gasteiger partial charge in [-0.15, -0.1) is 11.3 Å². The zero-order valence-corrected chi connectivity index (χ0v) is 12.4. The molecule has 0 radical (unpaired) electrons. The number of rotatable bonds is 3. The van der Waals surface area contributed by atoms with E-state index < -0.39 is 0 Å². The molecule has 0 aromatic carbocycles. The zero-order chi connectivity index (χ0) is 13.2. The number of thioether (sulfide) groups is 1. The van der Waals surface area contributed by atoms with Gasteiger partial charge in [0.25, 0.3) is 5.89 Å². The van der Waals surface area contributed by atoms with Crippen molar-refractivity contribution >= 4 is 23.1 Å². The first-order valence-electron chi connectivity index (χ1n) is 6.40. The summed E-state index contributed by atoms with van der Waals surface area (Å²) in [5.41, 5.74) is 6.52. The molecular formula is C12H16N4OS2. The minimum absolute atomic E-state index is 0.383. The van der Waals surface area contributed by atoms with Gasteiger partial charge in [0.15, 0.2) is 5.82 Å². The van der Waals surface area contributed by atoms with Gasteiger partial charge in [-0.2, -0.15) is 16.7 Å². The normalized spacial score (nSPS) is 19.8. The van der Waals surface area contributed by atoms with Crippen LogP contribution in [0.2, 0.25) is 0 Å². The molecule has 0 aliphatic carbocycles. The first kappa shape index (κ1) is 13.1. The van der Waals surface area contributed by atoms with E-state index in [1.165, 1.54) is 29.9 Å². The zero-order valence-electron chi connectivity index (χ0n) is 10.8. The molecule has 1 aliphatic heterocycles. The Morgan fingerprint density at radius 1 is 1.37 bits per heavy atom. The Kier molecular flexibility index (Phi) is 3.86. The summed E-state index contributed by atoms with van der Waals surface area (Å²) in [4.78, 5) is 9.88. The van der Waals surface area contributed by atoms with Gasteiger partial charge in [0.05, 0.1) is 10.9 Å². The van der Waals surface area contributed by atoms with Crippen molar-refractivity contribution in [2.45, 2.75) is 38.0 Å². The summed E-state index contributed by atoms with van der Waals surface area (Å²) in [5.74, 6) is 2.59. The topological polar surface area (TPSA) is 77.8 Å². The van der Waals surface area contributed by atoms with E-state index >= 15 is 0 Å². The second-order valence-corrected chi connectivity index (χ2v) is 6.93. The average Bonchev–Trinajstić information content (AvgIpc) is 3.06. The van der Waals surface area contributed by atoms with Crippen LogP contribution in [-0.2, 0) is 6.54 Å². The highest BCUT2D eigenvalue weighted by molar-refractivity contribution is 7.99. The van der Waals surface area contributed by atoms with Gasteiger partial charge in [-0.3, -0.25) is 0 Å². The molecule has 19 heavy (non-hydrogen) atoms. The largest absolute Gasteiger partial charge is 0.333 e. The van der Waals surface area contributed by atoms with E-state index in [1.807, 2.05) is 18.7 Å². The number of hydrogen-bond acceptors (Lipinski definition) is 7. The monoisotopic (exact) mass is 296 g/mol. The maximum atomic E-state index is 5.61. The molecule has 1 aliphatic rings. The highest BCUT2D eigenvalue weighted by atomic mass is 32.2. The number of thiazole rings is 1. The summed E-state index contributed by atoms with van der Waals surface area (Å²) >= 11 is 3.45. The van der Waals surface area contributed by atoms with Gasteiger partial charge in [0, 0.05) is 6.54 Å². The fraction of sp³-hybridized carbons (Fsp3) is 0.583. The van der Waals surface area contributed by atoms with Crippen molar-refractivity contribution in [1.82, 2.24) is 15.1 Å². The van der Waals surface area contributed by atoms with Crippen LogP contribution < -0.4 is 5.73 Å². The van der Waals surface area contributed by atoms with Gasteiger partial charge >= 0.3 is 0 Å². The number of nitrogens with zero attached hydrogens (tertiary/aromatic N) is 3.